The van der Waals surface area contributed by atoms with Gasteiger partial charge in [-0.3, -0.25) is 4.79 Å². The van der Waals surface area contributed by atoms with Gasteiger partial charge in [0, 0.05) is 12.6 Å². The second-order valence-electron chi connectivity index (χ2n) is 3.68. The van der Waals surface area contributed by atoms with E-state index < -0.39 is 5.97 Å². The molecule has 1 heterocycles. The highest BCUT2D eigenvalue weighted by Gasteiger charge is 2.03. The number of rotatable bonds is 2. The van der Waals surface area contributed by atoms with Crippen molar-refractivity contribution in [3.8, 4) is 0 Å². The molecule has 0 aliphatic heterocycles. The number of carboxylic acid groups (broad SMARTS) is 1. The highest BCUT2D eigenvalue weighted by Crippen LogP contribution is 2.12. The number of hydrogen-bond donors (Lipinski definition) is 0. The predicted octanol–water partition coefficient (Wildman–Crippen LogP) is 0.302. The minimum Gasteiger partial charge on any atom is -0.545 e. The molecule has 1 aromatic carbocycles. The minimum absolute atomic E-state index is 0.235. The number of carbonyl (C=O) groups is 1. The second kappa shape index (κ2) is 4.25. The Balaban J connectivity index is 2.70. The summed E-state index contributed by atoms with van der Waals surface area (Å²) in [6.07, 6.45) is 2.11. The van der Waals surface area contributed by atoms with Gasteiger partial charge in [0.25, 0.3) is 5.56 Å². The molecule has 0 radical (unpaired) electrons. The monoisotopic (exact) mass is 228 g/mol. The van der Waals surface area contributed by atoms with E-state index in [1.807, 2.05) is 24.3 Å². The van der Waals surface area contributed by atoms with Gasteiger partial charge in [-0.05, 0) is 29.7 Å². The van der Waals surface area contributed by atoms with Crippen LogP contribution < -0.4 is 10.7 Å². The standard InChI is InChI=1S/C13H11NO3/c1-14-11-5-3-2-4-9(11)8-10(13(14)17)6-7-12(15)16/h2-8H,1H3,(H,15,16)/p-1/b7-6+. The van der Waals surface area contributed by atoms with E-state index in [9.17, 15) is 14.7 Å². The van der Waals surface area contributed by atoms with Gasteiger partial charge in [0.15, 0.2) is 0 Å². The number of aromatic nitrogens is 1. The molecule has 0 spiro atoms. The molecule has 4 nitrogen and oxygen atoms in total. The molecule has 0 aliphatic rings. The maximum absolute atomic E-state index is 11.9. The SMILES string of the molecule is Cn1c(=O)c(/C=C/C(=O)[O-])cc2ccccc21. The van der Waals surface area contributed by atoms with Crippen molar-refractivity contribution >= 4 is 22.9 Å². The molecule has 0 fully saturated rings. The molecular formula is C13H10NO3-. The molecule has 86 valence electrons. The Hall–Kier alpha value is -2.36. The highest BCUT2D eigenvalue weighted by atomic mass is 16.4. The maximum Gasteiger partial charge on any atom is 0.258 e. The highest BCUT2D eigenvalue weighted by molar-refractivity contribution is 5.86. The lowest BCUT2D eigenvalue weighted by molar-refractivity contribution is -0.297. The van der Waals surface area contributed by atoms with E-state index in [1.165, 1.54) is 10.6 Å². The largest absolute Gasteiger partial charge is 0.545 e. The minimum atomic E-state index is -1.32. The summed E-state index contributed by atoms with van der Waals surface area (Å²) >= 11 is 0. The Morgan fingerprint density at radius 1 is 1.35 bits per heavy atom. The third-order valence-electron chi connectivity index (χ3n) is 2.56. The molecule has 0 unspecified atom stereocenters. The van der Waals surface area contributed by atoms with E-state index in [4.69, 9.17) is 0 Å². The number of benzene rings is 1. The number of aryl methyl sites for hydroxylation is 1. The first-order chi connectivity index (χ1) is 8.09. The smallest absolute Gasteiger partial charge is 0.258 e. The van der Waals surface area contributed by atoms with Crippen molar-refractivity contribution in [2.75, 3.05) is 0 Å². The normalized spacial score (nSPS) is 11.1. The van der Waals surface area contributed by atoms with Crippen LogP contribution in [0.1, 0.15) is 5.56 Å². The van der Waals surface area contributed by atoms with Crippen LogP contribution in [-0.2, 0) is 11.8 Å². The molecule has 1 aromatic heterocycles. The zero-order valence-corrected chi connectivity index (χ0v) is 9.21. The van der Waals surface area contributed by atoms with Crippen LogP contribution in [0.25, 0.3) is 17.0 Å². The average molecular weight is 228 g/mol. The van der Waals surface area contributed by atoms with E-state index in [0.29, 0.717) is 5.56 Å². The van der Waals surface area contributed by atoms with E-state index in [2.05, 4.69) is 0 Å². The van der Waals surface area contributed by atoms with Gasteiger partial charge in [-0.2, -0.15) is 0 Å². The van der Waals surface area contributed by atoms with E-state index >= 15 is 0 Å². The molecule has 2 rings (SSSR count). The lowest BCUT2D eigenvalue weighted by atomic mass is 10.1. The molecule has 0 amide bonds. The lowest BCUT2D eigenvalue weighted by Gasteiger charge is -2.06. The van der Waals surface area contributed by atoms with Crippen molar-refractivity contribution in [1.29, 1.82) is 0 Å². The maximum atomic E-state index is 11.9. The Bertz CT molecular complexity index is 668. The number of fused-ring (bicyclic) bond motifs is 1. The fraction of sp³-hybridized carbons (Fsp3) is 0.0769. The van der Waals surface area contributed by atoms with Crippen LogP contribution in [-0.4, -0.2) is 10.5 Å². The predicted molar refractivity (Wildman–Crippen MR) is 63.2 cm³/mol. The third-order valence-corrected chi connectivity index (χ3v) is 2.56. The zero-order valence-electron chi connectivity index (χ0n) is 9.21. The van der Waals surface area contributed by atoms with Crippen molar-refractivity contribution < 1.29 is 9.90 Å². The van der Waals surface area contributed by atoms with Crippen molar-refractivity contribution in [2.24, 2.45) is 7.05 Å². The van der Waals surface area contributed by atoms with Crippen LogP contribution in [0.2, 0.25) is 0 Å². The molecule has 2 aromatic rings. The molecule has 0 saturated heterocycles. The Kier molecular flexibility index (Phi) is 2.78. The summed E-state index contributed by atoms with van der Waals surface area (Å²) in [6.45, 7) is 0. The van der Waals surface area contributed by atoms with Gasteiger partial charge in [-0.15, -0.1) is 0 Å². The first kappa shape index (κ1) is 11.1. The quantitative estimate of drug-likeness (QED) is 0.694. The molecule has 0 saturated carbocycles. The number of hydrogen-bond acceptors (Lipinski definition) is 3. The number of carboxylic acids is 1. The Morgan fingerprint density at radius 3 is 2.76 bits per heavy atom. The van der Waals surface area contributed by atoms with Crippen molar-refractivity contribution in [3.05, 3.63) is 52.3 Å². The van der Waals surface area contributed by atoms with Crippen molar-refractivity contribution in [1.82, 2.24) is 4.57 Å². The van der Waals surface area contributed by atoms with E-state index in [0.717, 1.165) is 17.0 Å². The number of nitrogens with zero attached hydrogens (tertiary/aromatic N) is 1. The van der Waals surface area contributed by atoms with Gasteiger partial charge in [0.1, 0.15) is 0 Å². The molecule has 0 aliphatic carbocycles. The fourth-order valence-electron chi connectivity index (χ4n) is 1.72. The van der Waals surface area contributed by atoms with Gasteiger partial charge < -0.3 is 14.5 Å². The summed E-state index contributed by atoms with van der Waals surface area (Å²) in [5.74, 6) is -1.32. The van der Waals surface area contributed by atoms with Crippen LogP contribution in [0.5, 0.6) is 0 Å². The van der Waals surface area contributed by atoms with Crippen LogP contribution in [0, 0.1) is 0 Å². The summed E-state index contributed by atoms with van der Waals surface area (Å²) in [5.41, 5.74) is 0.903. The third kappa shape index (κ3) is 2.10. The lowest BCUT2D eigenvalue weighted by Crippen LogP contribution is -2.21. The molecule has 0 atom stereocenters. The van der Waals surface area contributed by atoms with Crippen molar-refractivity contribution in [2.45, 2.75) is 0 Å². The summed E-state index contributed by atoms with van der Waals surface area (Å²) < 4.78 is 1.49. The van der Waals surface area contributed by atoms with Crippen LogP contribution in [0.15, 0.2) is 41.2 Å². The summed E-state index contributed by atoms with van der Waals surface area (Å²) in [4.78, 5) is 22.2. The molecule has 0 bridgehead atoms. The molecular weight excluding hydrogens is 218 g/mol. The topological polar surface area (TPSA) is 62.1 Å². The fourth-order valence-corrected chi connectivity index (χ4v) is 1.72. The first-order valence-corrected chi connectivity index (χ1v) is 5.07. The summed E-state index contributed by atoms with van der Waals surface area (Å²) in [7, 11) is 1.65. The average Bonchev–Trinajstić information content (AvgIpc) is 2.32. The van der Waals surface area contributed by atoms with Gasteiger partial charge in [0.05, 0.1) is 11.5 Å². The number of aliphatic carboxylic acids is 1. The van der Waals surface area contributed by atoms with Gasteiger partial charge in [0.2, 0.25) is 0 Å². The zero-order chi connectivity index (χ0) is 12.4. The van der Waals surface area contributed by atoms with Crippen LogP contribution in [0.4, 0.5) is 0 Å². The molecule has 17 heavy (non-hydrogen) atoms. The van der Waals surface area contributed by atoms with E-state index in [1.54, 1.807) is 13.1 Å². The Labute approximate surface area is 97.4 Å². The van der Waals surface area contributed by atoms with Crippen molar-refractivity contribution in [3.63, 3.8) is 0 Å². The number of para-hydroxylation sites is 1. The molecule has 4 heteroatoms. The van der Waals surface area contributed by atoms with Gasteiger partial charge in [-0.1, -0.05) is 18.2 Å². The Morgan fingerprint density at radius 2 is 2.06 bits per heavy atom. The van der Waals surface area contributed by atoms with E-state index in [-0.39, 0.29) is 5.56 Å². The number of carbonyl (C=O) groups excluding carboxylic acids is 1. The summed E-state index contributed by atoms with van der Waals surface area (Å²) in [6, 6.07) is 9.07. The first-order valence-electron chi connectivity index (χ1n) is 5.07. The van der Waals surface area contributed by atoms with Crippen LogP contribution >= 0.6 is 0 Å². The van der Waals surface area contributed by atoms with Gasteiger partial charge in [-0.25, -0.2) is 0 Å². The second-order valence-corrected chi connectivity index (χ2v) is 3.68. The summed E-state index contributed by atoms with van der Waals surface area (Å²) in [5, 5.41) is 11.2. The number of pyridine rings is 1. The van der Waals surface area contributed by atoms with Gasteiger partial charge >= 0.3 is 0 Å². The molecule has 0 N–H and O–H groups in total. The van der Waals surface area contributed by atoms with Crippen LogP contribution in [0.3, 0.4) is 0 Å².